The van der Waals surface area contributed by atoms with Gasteiger partial charge in [0.2, 0.25) is 5.89 Å². The zero-order valence-electron chi connectivity index (χ0n) is 17.6. The summed E-state index contributed by atoms with van der Waals surface area (Å²) >= 11 is 0. The van der Waals surface area contributed by atoms with E-state index in [-0.39, 0.29) is 49.9 Å². The molecule has 0 amide bonds. The molecule has 0 aliphatic carbocycles. The van der Waals surface area contributed by atoms with Crippen LogP contribution in [0.15, 0.2) is 62.6 Å². The molecule has 1 N–H and O–H groups in total. The predicted molar refractivity (Wildman–Crippen MR) is 117 cm³/mol. The molecule has 2 aromatic carbocycles. The molecule has 5 rings (SSSR count). The maximum atomic E-state index is 13.8. The Labute approximate surface area is 189 Å². The summed E-state index contributed by atoms with van der Waals surface area (Å²) in [7, 11) is -3.65. The van der Waals surface area contributed by atoms with Gasteiger partial charge in [-0.2, -0.15) is 22.8 Å². The van der Waals surface area contributed by atoms with Crippen LogP contribution >= 0.6 is 0 Å². The van der Waals surface area contributed by atoms with Crippen LogP contribution in [0, 0.1) is 6.92 Å². The first-order valence-electron chi connectivity index (χ1n) is 9.85. The number of aryl methyl sites for hydroxylation is 1. The summed E-state index contributed by atoms with van der Waals surface area (Å²) in [6, 6.07) is 12.1. The number of nitrogens with zero attached hydrogens (tertiary/aromatic N) is 3. The highest BCUT2D eigenvalue weighted by Gasteiger charge is 2.39. The van der Waals surface area contributed by atoms with Gasteiger partial charge in [0.25, 0.3) is 5.56 Å². The molecule has 0 fully saturated rings. The summed E-state index contributed by atoms with van der Waals surface area (Å²) in [6.07, 6.45) is -3.82. The number of fused-ring (bicyclic) bond motifs is 2. The van der Waals surface area contributed by atoms with Crippen LogP contribution in [-0.4, -0.2) is 34.3 Å². The monoisotopic (exact) mass is 488 g/mol. The Hall–Kier alpha value is -3.93. The fourth-order valence-corrected chi connectivity index (χ4v) is 4.67. The third kappa shape index (κ3) is 3.37. The summed E-state index contributed by atoms with van der Waals surface area (Å²) in [5.41, 5.74) is -2.16. The number of rotatable bonds is 3. The van der Waals surface area contributed by atoms with Crippen molar-refractivity contribution >= 4 is 26.6 Å². The van der Waals surface area contributed by atoms with Gasteiger partial charge in [0, 0.05) is 11.9 Å². The molecule has 0 aliphatic rings. The average Bonchev–Trinajstić information content (AvgIpc) is 3.35. The van der Waals surface area contributed by atoms with Gasteiger partial charge in [0.1, 0.15) is 16.7 Å². The maximum absolute atomic E-state index is 13.8. The molecule has 0 saturated heterocycles. The highest BCUT2D eigenvalue weighted by atomic mass is 32.2. The zero-order chi connectivity index (χ0) is 24.4. The van der Waals surface area contributed by atoms with Crippen molar-refractivity contribution in [3.63, 3.8) is 0 Å². The van der Waals surface area contributed by atoms with E-state index < -0.39 is 27.3 Å². The number of H-pyrrole nitrogens is 1. The Kier molecular flexibility index (Phi) is 4.69. The number of halogens is 3. The molecule has 174 valence electrons. The second-order valence-electron chi connectivity index (χ2n) is 7.67. The minimum atomic E-state index is -4.83. The van der Waals surface area contributed by atoms with Crippen LogP contribution in [0.25, 0.3) is 39.3 Å². The van der Waals surface area contributed by atoms with E-state index in [0.717, 1.165) is 6.26 Å². The lowest BCUT2D eigenvalue weighted by molar-refractivity contribution is -0.140. The lowest BCUT2D eigenvalue weighted by Gasteiger charge is -2.07. The molecule has 0 saturated carbocycles. The molecule has 0 bridgehead atoms. The number of hydrogen-bond acceptors (Lipinski definition) is 6. The lowest BCUT2D eigenvalue weighted by Crippen LogP contribution is -2.20. The normalized spacial score (nSPS) is 12.6. The molecule has 0 unspecified atom stereocenters. The Morgan fingerprint density at radius 3 is 2.38 bits per heavy atom. The van der Waals surface area contributed by atoms with E-state index in [2.05, 4.69) is 15.1 Å². The third-order valence-corrected chi connectivity index (χ3v) is 6.43. The summed E-state index contributed by atoms with van der Waals surface area (Å²) in [5.74, 6) is -0.239. The molecular formula is C22H15F3N4O4S. The van der Waals surface area contributed by atoms with Gasteiger partial charge < -0.3 is 9.40 Å². The Morgan fingerprint density at radius 1 is 1.03 bits per heavy atom. The molecule has 0 radical (unpaired) electrons. The van der Waals surface area contributed by atoms with Crippen molar-refractivity contribution < 1.29 is 26.0 Å². The number of alkyl halides is 3. The highest BCUT2D eigenvalue weighted by Crippen LogP contribution is 2.38. The SMILES string of the molecule is Cc1[nH]c2c(-c3ccccc3)c(C(F)(F)F)nn2c(=O)c1-c1nc2c(S(C)(=O)=O)cccc2o1. The average molecular weight is 488 g/mol. The van der Waals surface area contributed by atoms with Crippen molar-refractivity contribution in [2.24, 2.45) is 0 Å². The van der Waals surface area contributed by atoms with Crippen molar-refractivity contribution in [1.82, 2.24) is 19.6 Å². The van der Waals surface area contributed by atoms with Gasteiger partial charge in [-0.1, -0.05) is 36.4 Å². The second kappa shape index (κ2) is 7.29. The Bertz CT molecular complexity index is 1750. The van der Waals surface area contributed by atoms with E-state index >= 15 is 0 Å². The molecule has 8 nitrogen and oxygen atoms in total. The van der Waals surface area contributed by atoms with Crippen LogP contribution in [0.3, 0.4) is 0 Å². The van der Waals surface area contributed by atoms with Gasteiger partial charge in [-0.05, 0) is 24.6 Å². The van der Waals surface area contributed by atoms with Crippen molar-refractivity contribution in [2.75, 3.05) is 6.26 Å². The van der Waals surface area contributed by atoms with Gasteiger partial charge >= 0.3 is 6.18 Å². The second-order valence-corrected chi connectivity index (χ2v) is 9.66. The number of hydrogen-bond donors (Lipinski definition) is 1. The van der Waals surface area contributed by atoms with E-state index in [0.29, 0.717) is 4.52 Å². The Balaban J connectivity index is 1.83. The van der Waals surface area contributed by atoms with Crippen molar-refractivity contribution in [3.05, 3.63) is 70.3 Å². The minimum absolute atomic E-state index is 0.0142. The van der Waals surface area contributed by atoms with E-state index in [1.165, 1.54) is 37.3 Å². The topological polar surface area (TPSA) is 110 Å². The molecule has 0 atom stereocenters. The predicted octanol–water partition coefficient (Wildman–Crippen LogP) is 4.23. The highest BCUT2D eigenvalue weighted by molar-refractivity contribution is 7.91. The molecule has 3 heterocycles. The van der Waals surface area contributed by atoms with Crippen LogP contribution in [-0.2, 0) is 16.0 Å². The number of aromatic amines is 1. The van der Waals surface area contributed by atoms with Gasteiger partial charge in [-0.15, -0.1) is 0 Å². The molecule has 3 aromatic heterocycles. The van der Waals surface area contributed by atoms with Crippen molar-refractivity contribution in [1.29, 1.82) is 0 Å². The smallest absolute Gasteiger partial charge is 0.435 e. The fourth-order valence-electron chi connectivity index (χ4n) is 3.84. The van der Waals surface area contributed by atoms with Crippen LogP contribution < -0.4 is 5.56 Å². The quantitative estimate of drug-likeness (QED) is 0.407. The maximum Gasteiger partial charge on any atom is 0.435 e. The van der Waals surface area contributed by atoms with Crippen LogP contribution in [0.5, 0.6) is 0 Å². The molecule has 12 heteroatoms. The largest absolute Gasteiger partial charge is 0.436 e. The lowest BCUT2D eigenvalue weighted by atomic mass is 10.1. The van der Waals surface area contributed by atoms with Crippen LogP contribution in [0.2, 0.25) is 0 Å². The molecule has 0 spiro atoms. The third-order valence-electron chi connectivity index (χ3n) is 5.30. The van der Waals surface area contributed by atoms with E-state index in [4.69, 9.17) is 4.42 Å². The van der Waals surface area contributed by atoms with Gasteiger partial charge in [0.15, 0.2) is 21.1 Å². The standard InChI is InChI=1S/C22H15F3N4O4S/c1-11-15(20-27-17-13(33-20)9-6-10-14(17)34(2,31)32)21(30)29-19(26-11)16(12-7-4-3-5-8-12)18(28-29)22(23,24)25/h3-10,26H,1-2H3. The van der Waals surface area contributed by atoms with Crippen LogP contribution in [0.1, 0.15) is 11.4 Å². The van der Waals surface area contributed by atoms with E-state index in [1.54, 1.807) is 18.2 Å². The molecule has 0 aliphatic heterocycles. The number of nitrogens with one attached hydrogen (secondary N) is 1. The number of aromatic nitrogens is 4. The zero-order valence-corrected chi connectivity index (χ0v) is 18.5. The van der Waals surface area contributed by atoms with E-state index in [1.807, 2.05) is 0 Å². The molecule has 5 aromatic rings. The minimum Gasteiger partial charge on any atom is -0.436 e. The number of benzene rings is 2. The van der Waals surface area contributed by atoms with Crippen molar-refractivity contribution in [2.45, 2.75) is 18.0 Å². The first-order valence-corrected chi connectivity index (χ1v) is 11.7. The number of oxazole rings is 1. The Morgan fingerprint density at radius 2 is 1.74 bits per heavy atom. The number of para-hydroxylation sites is 1. The van der Waals surface area contributed by atoms with Gasteiger partial charge in [0.05, 0.1) is 10.5 Å². The molecular weight excluding hydrogens is 473 g/mol. The van der Waals surface area contributed by atoms with Crippen molar-refractivity contribution in [3.8, 4) is 22.6 Å². The summed E-state index contributed by atoms with van der Waals surface area (Å²) in [6.45, 7) is 1.48. The summed E-state index contributed by atoms with van der Waals surface area (Å²) in [4.78, 5) is 20.2. The summed E-state index contributed by atoms with van der Waals surface area (Å²) < 4.78 is 72.0. The fraction of sp³-hybridized carbons (Fsp3) is 0.136. The van der Waals surface area contributed by atoms with Gasteiger partial charge in [-0.25, -0.2) is 13.4 Å². The first kappa shape index (κ1) is 21.9. The van der Waals surface area contributed by atoms with Crippen LogP contribution in [0.4, 0.5) is 13.2 Å². The molecule has 34 heavy (non-hydrogen) atoms. The van der Waals surface area contributed by atoms with Gasteiger partial charge in [-0.3, -0.25) is 4.79 Å². The number of sulfone groups is 1. The van der Waals surface area contributed by atoms with E-state index in [9.17, 15) is 26.4 Å². The first-order chi connectivity index (χ1) is 16.0. The summed E-state index contributed by atoms with van der Waals surface area (Å²) in [5, 5.41) is 3.58.